The largest absolute Gasteiger partial charge is 0.254 e. The van der Waals surface area contributed by atoms with E-state index in [1.165, 1.54) is 28.5 Å². The molecule has 0 unspecified atom stereocenters. The molecular formula is C14H14BrNS. The van der Waals surface area contributed by atoms with Crippen molar-refractivity contribution in [2.75, 3.05) is 0 Å². The minimum absolute atomic E-state index is 0.372. The van der Waals surface area contributed by atoms with Gasteiger partial charge < -0.3 is 0 Å². The first kappa shape index (κ1) is 11.6. The lowest BCUT2D eigenvalue weighted by Gasteiger charge is -2.10. The molecule has 1 aliphatic carbocycles. The van der Waals surface area contributed by atoms with Crippen LogP contribution >= 0.6 is 27.9 Å². The maximum atomic E-state index is 3.53. The number of fused-ring (bicyclic) bond motifs is 1. The molecule has 0 aromatic heterocycles. The third-order valence-corrected chi connectivity index (χ3v) is 4.77. The average molecular weight is 308 g/mol. The number of hydrogen-bond donors (Lipinski definition) is 1. The fourth-order valence-electron chi connectivity index (χ4n) is 1.73. The molecule has 1 saturated carbocycles. The van der Waals surface area contributed by atoms with Crippen molar-refractivity contribution in [2.24, 2.45) is 0 Å². The van der Waals surface area contributed by atoms with Crippen LogP contribution in [0.4, 0.5) is 0 Å². The molecule has 1 N–H and O–H groups in total. The highest BCUT2D eigenvalue weighted by molar-refractivity contribution is 9.10. The molecule has 1 aliphatic rings. The van der Waals surface area contributed by atoms with Crippen LogP contribution in [0.1, 0.15) is 19.8 Å². The van der Waals surface area contributed by atoms with Crippen LogP contribution in [0.2, 0.25) is 0 Å². The zero-order valence-corrected chi connectivity index (χ0v) is 12.1. The van der Waals surface area contributed by atoms with Crippen LogP contribution in [0.25, 0.3) is 10.8 Å². The number of nitrogens with one attached hydrogen (secondary N) is 1. The third kappa shape index (κ3) is 2.67. The normalized spacial score (nSPS) is 17.3. The van der Waals surface area contributed by atoms with E-state index in [-0.39, 0.29) is 0 Å². The smallest absolute Gasteiger partial charge is 0.0259 e. The van der Waals surface area contributed by atoms with Crippen LogP contribution in [0.15, 0.2) is 45.8 Å². The Morgan fingerprint density at radius 2 is 1.88 bits per heavy atom. The molecule has 2 aromatic carbocycles. The van der Waals surface area contributed by atoms with Gasteiger partial charge in [0.1, 0.15) is 0 Å². The van der Waals surface area contributed by atoms with Crippen LogP contribution in [0, 0.1) is 0 Å². The van der Waals surface area contributed by atoms with Gasteiger partial charge in [0, 0.05) is 14.9 Å². The Morgan fingerprint density at radius 3 is 2.65 bits per heavy atom. The summed E-state index contributed by atoms with van der Waals surface area (Å²) >= 11 is 5.26. The number of halogens is 1. The highest BCUT2D eigenvalue weighted by Crippen LogP contribution is 2.37. The van der Waals surface area contributed by atoms with Crippen LogP contribution in [0.5, 0.6) is 0 Å². The molecule has 0 radical (unpaired) electrons. The van der Waals surface area contributed by atoms with E-state index >= 15 is 0 Å². The first-order valence-corrected chi connectivity index (χ1v) is 7.39. The lowest BCUT2D eigenvalue weighted by atomic mass is 10.1. The van der Waals surface area contributed by atoms with Crippen molar-refractivity contribution in [3.05, 3.63) is 40.9 Å². The topological polar surface area (TPSA) is 12.0 Å². The molecule has 17 heavy (non-hydrogen) atoms. The van der Waals surface area contributed by atoms with E-state index < -0.39 is 0 Å². The predicted molar refractivity (Wildman–Crippen MR) is 78.3 cm³/mol. The van der Waals surface area contributed by atoms with Crippen molar-refractivity contribution in [3.8, 4) is 0 Å². The van der Waals surface area contributed by atoms with Gasteiger partial charge in [-0.05, 0) is 66.8 Å². The minimum Gasteiger partial charge on any atom is -0.254 e. The molecular weight excluding hydrogens is 294 g/mol. The van der Waals surface area contributed by atoms with E-state index in [0.717, 1.165) is 4.47 Å². The molecule has 0 heterocycles. The lowest BCUT2D eigenvalue weighted by Crippen LogP contribution is -2.19. The summed E-state index contributed by atoms with van der Waals surface area (Å²) in [6.07, 6.45) is 2.58. The van der Waals surface area contributed by atoms with E-state index in [1.807, 2.05) is 0 Å². The van der Waals surface area contributed by atoms with Crippen LogP contribution < -0.4 is 4.72 Å². The third-order valence-electron chi connectivity index (χ3n) is 3.19. The second kappa shape index (κ2) is 4.30. The Morgan fingerprint density at radius 1 is 1.12 bits per heavy atom. The number of rotatable bonds is 3. The van der Waals surface area contributed by atoms with Crippen LogP contribution in [0.3, 0.4) is 0 Å². The van der Waals surface area contributed by atoms with Gasteiger partial charge in [-0.2, -0.15) is 0 Å². The summed E-state index contributed by atoms with van der Waals surface area (Å²) in [6.45, 7) is 2.28. The van der Waals surface area contributed by atoms with Crippen molar-refractivity contribution in [1.82, 2.24) is 4.72 Å². The molecule has 0 atom stereocenters. The molecule has 3 heteroatoms. The van der Waals surface area contributed by atoms with Gasteiger partial charge in [0.2, 0.25) is 0 Å². The van der Waals surface area contributed by atoms with Gasteiger partial charge in [-0.25, -0.2) is 0 Å². The van der Waals surface area contributed by atoms with Gasteiger partial charge in [-0.15, -0.1) is 0 Å². The van der Waals surface area contributed by atoms with E-state index in [9.17, 15) is 0 Å². The standard InChI is InChI=1S/C14H14BrNS/c1-14(6-7-14)16-17-13-5-3-10-2-4-12(15)8-11(10)9-13/h2-5,8-9,16H,6-7H2,1H3. The fourth-order valence-corrected chi connectivity index (χ4v) is 3.00. The Balaban J connectivity index is 1.85. The van der Waals surface area contributed by atoms with Crippen molar-refractivity contribution in [2.45, 2.75) is 30.2 Å². The zero-order valence-electron chi connectivity index (χ0n) is 9.66. The maximum Gasteiger partial charge on any atom is 0.0259 e. The van der Waals surface area contributed by atoms with Gasteiger partial charge >= 0.3 is 0 Å². The molecule has 1 fully saturated rings. The molecule has 88 valence electrons. The minimum atomic E-state index is 0.372. The van der Waals surface area contributed by atoms with Gasteiger partial charge in [-0.3, -0.25) is 4.72 Å². The summed E-state index contributed by atoms with van der Waals surface area (Å²) < 4.78 is 4.67. The first-order chi connectivity index (χ1) is 8.15. The predicted octanol–water partition coefficient (Wildman–Crippen LogP) is 4.75. The maximum absolute atomic E-state index is 3.53. The monoisotopic (exact) mass is 307 g/mol. The van der Waals surface area contributed by atoms with Gasteiger partial charge in [0.05, 0.1) is 0 Å². The van der Waals surface area contributed by atoms with E-state index in [1.54, 1.807) is 11.9 Å². The Hall–Kier alpha value is -0.510. The average Bonchev–Trinajstić information content (AvgIpc) is 3.05. The van der Waals surface area contributed by atoms with Gasteiger partial charge in [0.15, 0.2) is 0 Å². The van der Waals surface area contributed by atoms with E-state index in [2.05, 4.69) is 64.0 Å². The molecule has 0 aliphatic heterocycles. The first-order valence-electron chi connectivity index (χ1n) is 5.78. The highest BCUT2D eigenvalue weighted by Gasteiger charge is 2.36. The number of benzene rings is 2. The highest BCUT2D eigenvalue weighted by atomic mass is 79.9. The van der Waals surface area contributed by atoms with E-state index in [0.29, 0.717) is 5.54 Å². The Bertz CT molecular complexity index is 563. The van der Waals surface area contributed by atoms with E-state index in [4.69, 9.17) is 0 Å². The zero-order chi connectivity index (χ0) is 11.9. The number of hydrogen-bond acceptors (Lipinski definition) is 2. The van der Waals surface area contributed by atoms with Crippen molar-refractivity contribution in [1.29, 1.82) is 0 Å². The van der Waals surface area contributed by atoms with Gasteiger partial charge in [0.25, 0.3) is 0 Å². The molecule has 3 rings (SSSR count). The molecule has 0 spiro atoms. The SMILES string of the molecule is CC1(NSc2ccc3ccc(Br)cc3c2)CC1. The summed E-state index contributed by atoms with van der Waals surface area (Å²) in [5.74, 6) is 0. The molecule has 0 saturated heterocycles. The lowest BCUT2D eigenvalue weighted by molar-refractivity contribution is 0.701. The van der Waals surface area contributed by atoms with Crippen molar-refractivity contribution in [3.63, 3.8) is 0 Å². The van der Waals surface area contributed by atoms with Gasteiger partial charge in [-0.1, -0.05) is 28.1 Å². The molecule has 1 nitrogen and oxygen atoms in total. The fraction of sp³-hybridized carbons (Fsp3) is 0.286. The summed E-state index contributed by atoms with van der Waals surface area (Å²) in [5.41, 5.74) is 0.372. The quantitative estimate of drug-likeness (QED) is 0.821. The summed E-state index contributed by atoms with van der Waals surface area (Å²) in [6, 6.07) is 13.0. The second-order valence-corrected chi connectivity index (χ2v) is 6.71. The van der Waals surface area contributed by atoms with Crippen LogP contribution in [-0.4, -0.2) is 5.54 Å². The Labute approximate surface area is 114 Å². The summed E-state index contributed by atoms with van der Waals surface area (Å²) in [7, 11) is 0. The van der Waals surface area contributed by atoms with Crippen molar-refractivity contribution >= 4 is 38.7 Å². The van der Waals surface area contributed by atoms with Crippen molar-refractivity contribution < 1.29 is 0 Å². The Kier molecular flexibility index (Phi) is 2.93. The molecule has 2 aromatic rings. The summed E-state index contributed by atoms with van der Waals surface area (Å²) in [5, 5.41) is 2.57. The summed E-state index contributed by atoms with van der Waals surface area (Å²) in [4.78, 5) is 1.28. The molecule has 0 amide bonds. The van der Waals surface area contributed by atoms with Crippen LogP contribution in [-0.2, 0) is 0 Å². The second-order valence-electron chi connectivity index (χ2n) is 4.92. The molecule has 0 bridgehead atoms.